The molecular weight excluding hydrogens is 366 g/mol. The van der Waals surface area contributed by atoms with E-state index in [1.165, 1.54) is 4.90 Å². The Morgan fingerprint density at radius 1 is 1.07 bits per heavy atom. The van der Waals surface area contributed by atoms with Crippen molar-refractivity contribution in [3.05, 3.63) is 47.5 Å². The molecule has 0 saturated carbocycles. The van der Waals surface area contributed by atoms with Gasteiger partial charge < -0.3 is 24.6 Å². The molecule has 2 heterocycles. The summed E-state index contributed by atoms with van der Waals surface area (Å²) >= 11 is 6.29. The van der Waals surface area contributed by atoms with Gasteiger partial charge in [-0.15, -0.1) is 0 Å². The van der Waals surface area contributed by atoms with Gasteiger partial charge in [-0.3, -0.25) is 4.79 Å². The number of fused-ring (bicyclic) bond motifs is 1. The number of ether oxygens (including phenoxy) is 2. The minimum absolute atomic E-state index is 0.00729. The molecule has 0 atom stereocenters. The lowest BCUT2D eigenvalue weighted by Gasteiger charge is -2.33. The Kier molecular flexibility index (Phi) is 5.36. The van der Waals surface area contributed by atoms with Crippen molar-refractivity contribution in [2.75, 3.05) is 56.2 Å². The number of rotatable bonds is 4. The summed E-state index contributed by atoms with van der Waals surface area (Å²) in [6.07, 6.45) is 0. The second-order valence-corrected chi connectivity index (χ2v) is 7.18. The van der Waals surface area contributed by atoms with Crippen molar-refractivity contribution in [2.45, 2.75) is 0 Å². The van der Waals surface area contributed by atoms with Crippen molar-refractivity contribution < 1.29 is 19.2 Å². The maximum atomic E-state index is 12.4. The number of nitrogens with zero attached hydrogens (tertiary/aromatic N) is 1. The summed E-state index contributed by atoms with van der Waals surface area (Å²) in [6, 6.07) is 13.4. The molecule has 0 bridgehead atoms. The molecule has 6 nitrogen and oxygen atoms in total. The van der Waals surface area contributed by atoms with E-state index in [2.05, 4.69) is 10.2 Å². The van der Waals surface area contributed by atoms with Gasteiger partial charge in [0.25, 0.3) is 5.91 Å². The zero-order chi connectivity index (χ0) is 18.6. The molecule has 1 amide bonds. The molecular formula is C20H23ClN3O3+. The van der Waals surface area contributed by atoms with Crippen LogP contribution in [0.5, 0.6) is 11.5 Å². The lowest BCUT2D eigenvalue weighted by molar-refractivity contribution is -0.892. The number of halogens is 1. The molecule has 2 aliphatic rings. The number of hydrogen-bond donors (Lipinski definition) is 2. The highest BCUT2D eigenvalue weighted by molar-refractivity contribution is 6.33. The molecule has 142 valence electrons. The fourth-order valence-electron chi connectivity index (χ4n) is 3.50. The molecule has 4 rings (SSSR count). The second kappa shape index (κ2) is 8.06. The third kappa shape index (κ3) is 4.28. The van der Waals surface area contributed by atoms with Crippen LogP contribution in [0.3, 0.4) is 0 Å². The monoisotopic (exact) mass is 388 g/mol. The summed E-state index contributed by atoms with van der Waals surface area (Å²) in [5.41, 5.74) is 1.80. The predicted molar refractivity (Wildman–Crippen MR) is 105 cm³/mol. The van der Waals surface area contributed by atoms with Crippen LogP contribution in [0, 0.1) is 0 Å². The van der Waals surface area contributed by atoms with Gasteiger partial charge in [-0.1, -0.05) is 23.7 Å². The van der Waals surface area contributed by atoms with E-state index in [-0.39, 0.29) is 5.91 Å². The number of amides is 1. The van der Waals surface area contributed by atoms with E-state index < -0.39 is 0 Å². The van der Waals surface area contributed by atoms with E-state index in [0.717, 1.165) is 48.3 Å². The third-order valence-electron chi connectivity index (χ3n) is 4.90. The molecule has 1 fully saturated rings. The lowest BCUT2D eigenvalue weighted by atomic mass is 10.2. The fraction of sp³-hybridized carbons (Fsp3) is 0.350. The van der Waals surface area contributed by atoms with Gasteiger partial charge in [0.05, 0.1) is 36.9 Å². The van der Waals surface area contributed by atoms with Gasteiger partial charge in [-0.25, -0.2) is 0 Å². The van der Waals surface area contributed by atoms with E-state index in [1.807, 2.05) is 42.5 Å². The van der Waals surface area contributed by atoms with Gasteiger partial charge >= 0.3 is 0 Å². The standard InChI is InChI=1S/C20H22ClN3O3/c21-16-3-1-2-4-17(16)24-9-7-23(8-10-24)14-20(25)22-15-5-6-18-19(13-15)27-12-11-26-18/h1-6,13H,7-12,14H2,(H,22,25)/p+1. The SMILES string of the molecule is O=C(C[NH+]1CCN(c2ccccc2Cl)CC1)Nc1ccc2c(c1)OCCO2. The summed E-state index contributed by atoms with van der Waals surface area (Å²) in [4.78, 5) is 16.0. The average molecular weight is 389 g/mol. The van der Waals surface area contributed by atoms with Gasteiger partial charge in [-0.2, -0.15) is 0 Å². The summed E-state index contributed by atoms with van der Waals surface area (Å²) in [6.45, 7) is 5.11. The van der Waals surface area contributed by atoms with Crippen LogP contribution in [0.15, 0.2) is 42.5 Å². The van der Waals surface area contributed by atoms with Crippen LogP contribution in [-0.2, 0) is 4.79 Å². The average Bonchev–Trinajstić information content (AvgIpc) is 2.69. The minimum Gasteiger partial charge on any atom is -0.486 e. The Labute approximate surface area is 163 Å². The van der Waals surface area contributed by atoms with Crippen molar-refractivity contribution in [1.82, 2.24) is 0 Å². The van der Waals surface area contributed by atoms with E-state index in [1.54, 1.807) is 0 Å². The third-order valence-corrected chi connectivity index (χ3v) is 5.22. The predicted octanol–water partition coefficient (Wildman–Crippen LogP) is 1.45. The first-order chi connectivity index (χ1) is 13.2. The van der Waals surface area contributed by atoms with Crippen molar-refractivity contribution in [2.24, 2.45) is 0 Å². The van der Waals surface area contributed by atoms with E-state index >= 15 is 0 Å². The van der Waals surface area contributed by atoms with Gasteiger partial charge in [0.1, 0.15) is 13.2 Å². The second-order valence-electron chi connectivity index (χ2n) is 6.77. The van der Waals surface area contributed by atoms with Crippen LogP contribution < -0.4 is 24.6 Å². The largest absolute Gasteiger partial charge is 0.486 e. The van der Waals surface area contributed by atoms with Gasteiger partial charge in [0.15, 0.2) is 18.0 Å². The normalized spacial score (nSPS) is 16.9. The highest BCUT2D eigenvalue weighted by atomic mass is 35.5. The minimum atomic E-state index is 0.00729. The number of nitrogens with one attached hydrogen (secondary N) is 2. The Bertz CT molecular complexity index is 822. The number of carbonyl (C=O) groups excluding carboxylic acids is 1. The van der Waals surface area contributed by atoms with Crippen LogP contribution >= 0.6 is 11.6 Å². The highest BCUT2D eigenvalue weighted by Gasteiger charge is 2.23. The number of piperazine rings is 1. The summed E-state index contributed by atoms with van der Waals surface area (Å²) in [7, 11) is 0. The molecule has 0 spiro atoms. The lowest BCUT2D eigenvalue weighted by Crippen LogP contribution is -3.15. The molecule has 1 saturated heterocycles. The first-order valence-electron chi connectivity index (χ1n) is 9.21. The Balaban J connectivity index is 1.29. The molecule has 0 unspecified atom stereocenters. The van der Waals surface area contributed by atoms with Crippen LogP contribution in [0.2, 0.25) is 5.02 Å². The quantitative estimate of drug-likeness (QED) is 0.832. The van der Waals surface area contributed by atoms with E-state index in [0.29, 0.717) is 25.5 Å². The number of para-hydroxylation sites is 1. The first kappa shape index (κ1) is 17.9. The van der Waals surface area contributed by atoms with Crippen molar-refractivity contribution in [1.29, 1.82) is 0 Å². The molecule has 0 aromatic heterocycles. The van der Waals surface area contributed by atoms with Crippen LogP contribution in [0.1, 0.15) is 0 Å². The van der Waals surface area contributed by atoms with Gasteiger partial charge in [0, 0.05) is 11.8 Å². The zero-order valence-electron chi connectivity index (χ0n) is 15.0. The molecule has 2 N–H and O–H groups in total. The van der Waals surface area contributed by atoms with Crippen molar-refractivity contribution in [3.8, 4) is 11.5 Å². The van der Waals surface area contributed by atoms with Gasteiger partial charge in [0.2, 0.25) is 0 Å². The number of hydrogen-bond acceptors (Lipinski definition) is 4. The highest BCUT2D eigenvalue weighted by Crippen LogP contribution is 2.32. The maximum absolute atomic E-state index is 12.4. The van der Waals surface area contributed by atoms with Gasteiger partial charge in [-0.05, 0) is 24.3 Å². The Morgan fingerprint density at radius 2 is 1.81 bits per heavy atom. The number of quaternary nitrogens is 1. The molecule has 0 radical (unpaired) electrons. The van der Waals surface area contributed by atoms with E-state index in [9.17, 15) is 4.79 Å². The molecule has 7 heteroatoms. The van der Waals surface area contributed by atoms with Crippen LogP contribution in [0.25, 0.3) is 0 Å². The van der Waals surface area contributed by atoms with Crippen molar-refractivity contribution in [3.63, 3.8) is 0 Å². The number of carbonyl (C=O) groups is 1. The summed E-state index contributed by atoms with van der Waals surface area (Å²) in [5, 5.41) is 3.74. The smallest absolute Gasteiger partial charge is 0.279 e. The Hall–Kier alpha value is -2.44. The maximum Gasteiger partial charge on any atom is 0.279 e. The van der Waals surface area contributed by atoms with Crippen LogP contribution in [0.4, 0.5) is 11.4 Å². The number of benzene rings is 2. The number of anilines is 2. The summed E-state index contributed by atoms with van der Waals surface area (Å²) in [5.74, 6) is 1.41. The Morgan fingerprint density at radius 3 is 2.59 bits per heavy atom. The van der Waals surface area contributed by atoms with Crippen molar-refractivity contribution >= 4 is 28.9 Å². The molecule has 27 heavy (non-hydrogen) atoms. The molecule has 2 aromatic rings. The van der Waals surface area contributed by atoms with Crippen LogP contribution in [-0.4, -0.2) is 51.8 Å². The zero-order valence-corrected chi connectivity index (χ0v) is 15.8. The topological polar surface area (TPSA) is 55.2 Å². The first-order valence-corrected chi connectivity index (χ1v) is 9.59. The fourth-order valence-corrected chi connectivity index (χ4v) is 3.76. The molecule has 2 aromatic carbocycles. The molecule has 0 aliphatic carbocycles. The molecule has 2 aliphatic heterocycles. The summed E-state index contributed by atoms with van der Waals surface area (Å²) < 4.78 is 11.1. The van der Waals surface area contributed by atoms with E-state index in [4.69, 9.17) is 21.1 Å².